The molecule has 2 aliphatic rings. The number of nitrogens with one attached hydrogen (secondary N) is 1. The van der Waals surface area contributed by atoms with Crippen LogP contribution in [-0.2, 0) is 0 Å². The highest BCUT2D eigenvalue weighted by Gasteiger charge is 2.36. The largest absolute Gasteiger partial charge is 0.311 e. The van der Waals surface area contributed by atoms with Gasteiger partial charge in [-0.15, -0.1) is 0 Å². The van der Waals surface area contributed by atoms with Gasteiger partial charge in [0, 0.05) is 37.3 Å². The third-order valence-corrected chi connectivity index (χ3v) is 4.10. The van der Waals surface area contributed by atoms with Gasteiger partial charge in [-0.1, -0.05) is 31.5 Å². The number of nitrogens with zero attached hydrogens (tertiary/aromatic N) is 1. The van der Waals surface area contributed by atoms with E-state index >= 15 is 0 Å². The van der Waals surface area contributed by atoms with Gasteiger partial charge >= 0.3 is 0 Å². The Kier molecular flexibility index (Phi) is 4.89. The average molecular weight is 257 g/mol. The van der Waals surface area contributed by atoms with E-state index in [-0.39, 0.29) is 0 Å². The monoisotopic (exact) mass is 256 g/mol. The Hall–Kier alpha value is -0.0500. The number of hydrogen-bond donors (Lipinski definition) is 1. The summed E-state index contributed by atoms with van der Waals surface area (Å²) in [5.41, 5.74) is 1.65. The normalized spacial score (nSPS) is 31.5. The van der Waals surface area contributed by atoms with Crippen molar-refractivity contribution in [3.05, 3.63) is 11.6 Å². The van der Waals surface area contributed by atoms with Gasteiger partial charge in [0.15, 0.2) is 0 Å². The van der Waals surface area contributed by atoms with Crippen molar-refractivity contribution in [1.82, 2.24) is 10.2 Å². The van der Waals surface area contributed by atoms with Gasteiger partial charge in [-0.25, -0.2) is 0 Å². The second-order valence-electron chi connectivity index (χ2n) is 5.95. The van der Waals surface area contributed by atoms with Gasteiger partial charge in [0.2, 0.25) is 0 Å². The van der Waals surface area contributed by atoms with E-state index in [4.69, 9.17) is 11.6 Å². The van der Waals surface area contributed by atoms with E-state index in [1.54, 1.807) is 5.54 Å². The number of piperazine rings is 1. The van der Waals surface area contributed by atoms with Gasteiger partial charge < -0.3 is 5.32 Å². The van der Waals surface area contributed by atoms with E-state index < -0.39 is 0 Å². The van der Waals surface area contributed by atoms with Gasteiger partial charge in [-0.3, -0.25) is 4.90 Å². The molecular formula is C14H25ClN2. The van der Waals surface area contributed by atoms with Gasteiger partial charge in [-0.2, -0.15) is 0 Å². The van der Waals surface area contributed by atoms with Crippen molar-refractivity contribution in [2.45, 2.75) is 45.2 Å². The Morgan fingerprint density at radius 1 is 1.41 bits per heavy atom. The zero-order chi connectivity index (χ0) is 12.3. The maximum absolute atomic E-state index is 5.66. The summed E-state index contributed by atoms with van der Waals surface area (Å²) in [7, 11) is 0. The van der Waals surface area contributed by atoms with E-state index in [0.717, 1.165) is 31.0 Å². The molecule has 0 bridgehead atoms. The average Bonchev–Trinajstić information content (AvgIpc) is 3.11. The fourth-order valence-corrected chi connectivity index (χ4v) is 2.95. The molecule has 0 spiro atoms. The molecule has 0 aromatic heterocycles. The first-order chi connectivity index (χ1) is 8.20. The van der Waals surface area contributed by atoms with Gasteiger partial charge in [-0.05, 0) is 31.1 Å². The maximum Gasteiger partial charge on any atom is 0.0227 e. The summed E-state index contributed by atoms with van der Waals surface area (Å²) in [6, 6.07) is 1.40. The molecule has 1 heterocycles. The minimum atomic E-state index is 0.679. The van der Waals surface area contributed by atoms with Crippen molar-refractivity contribution in [3.63, 3.8) is 0 Å². The van der Waals surface area contributed by atoms with E-state index in [0.29, 0.717) is 6.04 Å². The molecule has 3 heteroatoms. The SMILES string of the molecule is CC(C)CC1CNC(C2CC2)CN1C/C=C/Cl. The minimum absolute atomic E-state index is 0.679. The molecule has 1 aliphatic heterocycles. The summed E-state index contributed by atoms with van der Waals surface area (Å²) < 4.78 is 0. The fraction of sp³-hybridized carbons (Fsp3) is 0.857. The van der Waals surface area contributed by atoms with Crippen LogP contribution in [0.4, 0.5) is 0 Å². The zero-order valence-electron chi connectivity index (χ0n) is 11.0. The van der Waals surface area contributed by atoms with Crippen molar-refractivity contribution in [3.8, 4) is 0 Å². The lowest BCUT2D eigenvalue weighted by molar-refractivity contribution is 0.120. The van der Waals surface area contributed by atoms with Crippen molar-refractivity contribution in [2.75, 3.05) is 19.6 Å². The Labute approximate surface area is 110 Å². The van der Waals surface area contributed by atoms with E-state index in [1.807, 2.05) is 0 Å². The first kappa shape index (κ1) is 13.4. The molecule has 0 aromatic carbocycles. The van der Waals surface area contributed by atoms with Crippen LogP contribution in [0, 0.1) is 11.8 Å². The lowest BCUT2D eigenvalue weighted by Gasteiger charge is -2.41. The quantitative estimate of drug-likeness (QED) is 0.814. The number of rotatable bonds is 5. The zero-order valence-corrected chi connectivity index (χ0v) is 11.8. The van der Waals surface area contributed by atoms with Crippen molar-refractivity contribution in [2.24, 2.45) is 11.8 Å². The van der Waals surface area contributed by atoms with Crippen LogP contribution in [0.15, 0.2) is 11.6 Å². The molecule has 17 heavy (non-hydrogen) atoms. The highest BCUT2D eigenvalue weighted by Crippen LogP contribution is 2.34. The second kappa shape index (κ2) is 6.21. The van der Waals surface area contributed by atoms with Crippen LogP contribution in [0.3, 0.4) is 0 Å². The van der Waals surface area contributed by atoms with Crippen molar-refractivity contribution < 1.29 is 0 Å². The highest BCUT2D eigenvalue weighted by molar-refractivity contribution is 6.25. The molecule has 2 rings (SSSR count). The first-order valence-electron chi connectivity index (χ1n) is 6.93. The third-order valence-electron chi connectivity index (χ3n) is 3.93. The van der Waals surface area contributed by atoms with Crippen molar-refractivity contribution >= 4 is 11.6 Å². The molecule has 0 amide bonds. The topological polar surface area (TPSA) is 15.3 Å². The molecule has 1 saturated heterocycles. The summed E-state index contributed by atoms with van der Waals surface area (Å²) >= 11 is 5.66. The molecular weight excluding hydrogens is 232 g/mol. The summed E-state index contributed by atoms with van der Waals surface area (Å²) in [6.07, 6.45) is 6.20. The van der Waals surface area contributed by atoms with E-state index in [9.17, 15) is 0 Å². The Balaban J connectivity index is 1.90. The summed E-state index contributed by atoms with van der Waals surface area (Å²) in [4.78, 5) is 2.61. The van der Waals surface area contributed by atoms with E-state index in [2.05, 4.69) is 30.1 Å². The second-order valence-corrected chi connectivity index (χ2v) is 6.20. The summed E-state index contributed by atoms with van der Waals surface area (Å²) in [6.45, 7) is 7.97. The molecule has 0 aromatic rings. The Bertz CT molecular complexity index is 261. The van der Waals surface area contributed by atoms with Gasteiger partial charge in [0.25, 0.3) is 0 Å². The Morgan fingerprint density at radius 3 is 2.76 bits per heavy atom. The smallest absolute Gasteiger partial charge is 0.0227 e. The van der Waals surface area contributed by atoms with Crippen molar-refractivity contribution in [1.29, 1.82) is 0 Å². The van der Waals surface area contributed by atoms with Crippen LogP contribution in [0.5, 0.6) is 0 Å². The number of halogens is 1. The summed E-state index contributed by atoms with van der Waals surface area (Å²) in [5.74, 6) is 1.71. The first-order valence-corrected chi connectivity index (χ1v) is 7.37. The lowest BCUT2D eigenvalue weighted by atomic mass is 9.98. The molecule has 2 atom stereocenters. The van der Waals surface area contributed by atoms with Crippen LogP contribution < -0.4 is 5.32 Å². The molecule has 98 valence electrons. The molecule has 1 saturated carbocycles. The summed E-state index contributed by atoms with van der Waals surface area (Å²) in [5, 5.41) is 3.74. The van der Waals surface area contributed by atoms with Crippen LogP contribution in [0.1, 0.15) is 33.1 Å². The fourth-order valence-electron chi connectivity index (χ4n) is 2.87. The lowest BCUT2D eigenvalue weighted by Crippen LogP contribution is -2.57. The van der Waals surface area contributed by atoms with Crippen LogP contribution in [0.2, 0.25) is 0 Å². The third kappa shape index (κ3) is 3.97. The Morgan fingerprint density at radius 2 is 2.18 bits per heavy atom. The predicted octanol–water partition coefficient (Wildman–Crippen LogP) is 2.84. The molecule has 1 N–H and O–H groups in total. The highest BCUT2D eigenvalue weighted by atomic mass is 35.5. The predicted molar refractivity (Wildman–Crippen MR) is 74.3 cm³/mol. The molecule has 2 nitrogen and oxygen atoms in total. The van der Waals surface area contributed by atoms with Crippen LogP contribution >= 0.6 is 11.6 Å². The molecule has 2 unspecified atom stereocenters. The molecule has 0 radical (unpaired) electrons. The van der Waals surface area contributed by atoms with Gasteiger partial charge in [0.05, 0.1) is 0 Å². The molecule has 2 fully saturated rings. The van der Waals surface area contributed by atoms with Gasteiger partial charge in [0.1, 0.15) is 0 Å². The molecule has 1 aliphatic carbocycles. The maximum atomic E-state index is 5.66. The van der Waals surface area contributed by atoms with E-state index in [1.165, 1.54) is 25.8 Å². The minimum Gasteiger partial charge on any atom is -0.311 e. The van der Waals surface area contributed by atoms with Crippen LogP contribution in [0.25, 0.3) is 0 Å². The van der Waals surface area contributed by atoms with Crippen LogP contribution in [-0.4, -0.2) is 36.6 Å². The number of hydrogen-bond acceptors (Lipinski definition) is 2. The standard InChI is InChI=1S/C14H25ClN2/c1-11(2)8-13-9-16-14(12-4-5-12)10-17(13)7-3-6-15/h3,6,11-14,16H,4-5,7-10H2,1-2H3/b6-3+.